The quantitative estimate of drug-likeness (QED) is 0.162. The molecule has 0 aliphatic rings. The lowest BCUT2D eigenvalue weighted by Gasteiger charge is -2.26. The van der Waals surface area contributed by atoms with Gasteiger partial charge in [-0.05, 0) is 123 Å². The first-order valence-electron chi connectivity index (χ1n) is 21.9. The molecule has 0 aliphatic heterocycles. The maximum Gasteiger partial charge on any atom is 0.135 e. The third kappa shape index (κ3) is 4.99. The van der Waals surface area contributed by atoms with Crippen molar-refractivity contribution in [2.45, 2.75) is 0 Å². The summed E-state index contributed by atoms with van der Waals surface area (Å²) in [6.07, 6.45) is 0. The smallest absolute Gasteiger partial charge is 0.135 e. The lowest BCUT2D eigenvalue weighted by atomic mass is 9.94. The summed E-state index contributed by atoms with van der Waals surface area (Å²) in [5.41, 5.74) is 12.0. The summed E-state index contributed by atoms with van der Waals surface area (Å²) in [4.78, 5) is 2.42. The fraction of sp³-hybridized carbons (Fsp3) is 0. The molecule has 0 amide bonds. The molecule has 0 radical (unpaired) electrons. The molecule has 14 rings (SSSR count). The molecule has 0 saturated heterocycles. The summed E-state index contributed by atoms with van der Waals surface area (Å²) in [5.74, 6) is 0. The van der Waals surface area contributed by atoms with E-state index in [1.54, 1.807) is 0 Å². The molecule has 0 bridgehead atoms. The normalized spacial score (nSPS) is 12.1. The van der Waals surface area contributed by atoms with E-state index in [0.717, 1.165) is 55.9 Å². The SMILES string of the molecule is c1ccc(-n2c3ccccc3c3c(-n4c5ccccc5c5cc(N(c6ccc7oc8ccccc8c7c6)c6ccc7c8ccccc8c8ccccc8c7c6)ccc54)cccc32)cc1. The highest BCUT2D eigenvalue weighted by molar-refractivity contribution is 6.26. The maximum atomic E-state index is 6.36. The molecule has 0 N–H and O–H groups in total. The average molecular weight is 816 g/mol. The molecule has 298 valence electrons. The van der Waals surface area contributed by atoms with Gasteiger partial charge in [-0.3, -0.25) is 0 Å². The van der Waals surface area contributed by atoms with Crippen molar-refractivity contribution in [3.05, 3.63) is 224 Å². The monoisotopic (exact) mass is 815 g/mol. The Labute approximate surface area is 367 Å². The fourth-order valence-corrected chi connectivity index (χ4v) is 10.7. The van der Waals surface area contributed by atoms with Crippen LogP contribution in [0.15, 0.2) is 229 Å². The third-order valence-electron chi connectivity index (χ3n) is 13.4. The third-order valence-corrected chi connectivity index (χ3v) is 13.4. The van der Waals surface area contributed by atoms with Gasteiger partial charge < -0.3 is 18.5 Å². The Kier molecular flexibility index (Phi) is 7.36. The largest absolute Gasteiger partial charge is 0.456 e. The van der Waals surface area contributed by atoms with Crippen LogP contribution in [-0.2, 0) is 0 Å². The van der Waals surface area contributed by atoms with Crippen molar-refractivity contribution in [2.75, 3.05) is 4.90 Å². The lowest BCUT2D eigenvalue weighted by Crippen LogP contribution is -2.10. The van der Waals surface area contributed by atoms with Crippen LogP contribution in [0.25, 0.3) is 109 Å². The van der Waals surface area contributed by atoms with Gasteiger partial charge in [-0.1, -0.05) is 133 Å². The number of hydrogen-bond donors (Lipinski definition) is 0. The molecule has 3 aromatic heterocycles. The Hall–Kier alpha value is -8.60. The molecule has 0 unspecified atom stereocenters. The molecule has 0 spiro atoms. The van der Waals surface area contributed by atoms with E-state index in [9.17, 15) is 0 Å². The zero-order valence-corrected chi connectivity index (χ0v) is 34.6. The van der Waals surface area contributed by atoms with Crippen LogP contribution in [0.4, 0.5) is 17.1 Å². The van der Waals surface area contributed by atoms with Gasteiger partial charge in [0.05, 0.1) is 27.8 Å². The Balaban J connectivity index is 1.04. The fourth-order valence-electron chi connectivity index (χ4n) is 10.7. The second kappa shape index (κ2) is 13.4. The van der Waals surface area contributed by atoms with Crippen molar-refractivity contribution in [1.82, 2.24) is 9.13 Å². The van der Waals surface area contributed by atoms with E-state index >= 15 is 0 Å². The van der Waals surface area contributed by atoms with Gasteiger partial charge in [0.2, 0.25) is 0 Å². The summed E-state index contributed by atoms with van der Waals surface area (Å²) >= 11 is 0. The number of rotatable bonds is 5. The number of furan rings is 1. The van der Waals surface area contributed by atoms with Crippen molar-refractivity contribution in [3.63, 3.8) is 0 Å². The summed E-state index contributed by atoms with van der Waals surface area (Å²) in [7, 11) is 0. The Bertz CT molecular complexity index is 4170. The van der Waals surface area contributed by atoms with Gasteiger partial charge in [0.15, 0.2) is 0 Å². The molecule has 3 heterocycles. The highest BCUT2D eigenvalue weighted by Crippen LogP contribution is 2.45. The number of anilines is 3. The van der Waals surface area contributed by atoms with Crippen molar-refractivity contribution in [1.29, 1.82) is 0 Å². The number of nitrogens with zero attached hydrogens (tertiary/aromatic N) is 3. The number of aromatic nitrogens is 2. The first kappa shape index (κ1) is 35.0. The zero-order chi connectivity index (χ0) is 41.9. The molecule has 0 fully saturated rings. The Morgan fingerprint density at radius 1 is 0.281 bits per heavy atom. The van der Waals surface area contributed by atoms with Crippen molar-refractivity contribution in [2.24, 2.45) is 0 Å². The van der Waals surface area contributed by atoms with Crippen LogP contribution in [-0.4, -0.2) is 9.13 Å². The molecule has 4 nitrogen and oxygen atoms in total. The van der Waals surface area contributed by atoms with Crippen LogP contribution < -0.4 is 4.90 Å². The maximum absolute atomic E-state index is 6.36. The van der Waals surface area contributed by atoms with Crippen LogP contribution >= 0.6 is 0 Å². The molecule has 0 aliphatic carbocycles. The summed E-state index contributed by atoms with van der Waals surface area (Å²) in [6.45, 7) is 0. The van der Waals surface area contributed by atoms with Crippen LogP contribution in [0.3, 0.4) is 0 Å². The Morgan fingerprint density at radius 2 is 0.766 bits per heavy atom. The standard InChI is InChI=1S/C60H37N3O/c1-2-15-38(16-3-1)62-54-25-12-9-23-49(54)60-56(62)26-14-27-57(60)63-53-24-11-8-21-47(53)51-36-40(30-33-55(51)63)61(41-31-34-59-52(37-41)48-22-10-13-28-58(48)64-59)39-29-32-46-44-19-5-4-17-42(44)43-18-6-7-20-45(43)50(46)35-39/h1-37H. The lowest BCUT2D eigenvalue weighted by molar-refractivity contribution is 0.669. The van der Waals surface area contributed by atoms with Crippen LogP contribution in [0, 0.1) is 0 Å². The van der Waals surface area contributed by atoms with Gasteiger partial charge in [-0.2, -0.15) is 0 Å². The second-order valence-electron chi connectivity index (χ2n) is 16.8. The van der Waals surface area contributed by atoms with E-state index in [4.69, 9.17) is 4.42 Å². The molecular weight excluding hydrogens is 779 g/mol. The molecule has 14 aromatic rings. The van der Waals surface area contributed by atoms with Gasteiger partial charge in [0, 0.05) is 55.1 Å². The first-order chi connectivity index (χ1) is 31.8. The molecular formula is C60H37N3O. The van der Waals surface area contributed by atoms with E-state index in [0.29, 0.717) is 0 Å². The molecule has 0 atom stereocenters. The molecule has 64 heavy (non-hydrogen) atoms. The van der Waals surface area contributed by atoms with Crippen LogP contribution in [0.2, 0.25) is 0 Å². The van der Waals surface area contributed by atoms with Gasteiger partial charge in [0.25, 0.3) is 0 Å². The minimum absolute atomic E-state index is 0.877. The topological polar surface area (TPSA) is 26.2 Å². The van der Waals surface area contributed by atoms with Gasteiger partial charge >= 0.3 is 0 Å². The van der Waals surface area contributed by atoms with Gasteiger partial charge in [0.1, 0.15) is 11.2 Å². The van der Waals surface area contributed by atoms with E-state index in [1.807, 2.05) is 6.07 Å². The Morgan fingerprint density at radius 3 is 1.50 bits per heavy atom. The zero-order valence-electron chi connectivity index (χ0n) is 34.6. The average Bonchev–Trinajstić information content (AvgIpc) is 4.02. The summed E-state index contributed by atoms with van der Waals surface area (Å²) in [5, 5.41) is 14.6. The minimum atomic E-state index is 0.877. The molecule has 0 saturated carbocycles. The predicted molar refractivity (Wildman–Crippen MR) is 270 cm³/mol. The van der Waals surface area contributed by atoms with Gasteiger partial charge in [-0.15, -0.1) is 0 Å². The summed E-state index contributed by atoms with van der Waals surface area (Å²) in [6, 6.07) is 81.6. The van der Waals surface area contributed by atoms with Crippen LogP contribution in [0.5, 0.6) is 0 Å². The highest BCUT2D eigenvalue weighted by atomic mass is 16.3. The first-order valence-corrected chi connectivity index (χ1v) is 21.9. The van der Waals surface area contributed by atoms with E-state index in [2.05, 4.69) is 232 Å². The number of benzene rings is 11. The van der Waals surface area contributed by atoms with Crippen molar-refractivity contribution < 1.29 is 4.42 Å². The van der Waals surface area contributed by atoms with Crippen molar-refractivity contribution >= 4 is 115 Å². The van der Waals surface area contributed by atoms with E-state index in [1.165, 1.54) is 70.4 Å². The predicted octanol–water partition coefficient (Wildman–Crippen LogP) is 16.7. The van der Waals surface area contributed by atoms with E-state index in [-0.39, 0.29) is 0 Å². The van der Waals surface area contributed by atoms with Crippen molar-refractivity contribution in [3.8, 4) is 11.4 Å². The number of hydrogen-bond acceptors (Lipinski definition) is 2. The summed E-state index contributed by atoms with van der Waals surface area (Å²) < 4.78 is 11.2. The number of para-hydroxylation sites is 4. The van der Waals surface area contributed by atoms with Crippen LogP contribution in [0.1, 0.15) is 0 Å². The molecule has 4 heteroatoms. The number of fused-ring (bicyclic) bond motifs is 15. The van der Waals surface area contributed by atoms with Gasteiger partial charge in [-0.25, -0.2) is 0 Å². The highest BCUT2D eigenvalue weighted by Gasteiger charge is 2.22. The molecule has 11 aromatic carbocycles. The minimum Gasteiger partial charge on any atom is -0.456 e. The second-order valence-corrected chi connectivity index (χ2v) is 16.8. The van der Waals surface area contributed by atoms with E-state index < -0.39 is 0 Å².